The molecule has 0 atom stereocenters. The smallest absolute Gasteiger partial charge is 0.389 e. The van der Waals surface area contributed by atoms with Crippen molar-refractivity contribution in [2.24, 2.45) is 0 Å². The number of ether oxygens (including phenoxy) is 2. The minimum Gasteiger partial charge on any atom is -0.497 e. The van der Waals surface area contributed by atoms with E-state index in [2.05, 4.69) is 5.32 Å². The lowest BCUT2D eigenvalue weighted by molar-refractivity contribution is -0.135. The summed E-state index contributed by atoms with van der Waals surface area (Å²) in [6.45, 7) is 0.748. The summed E-state index contributed by atoms with van der Waals surface area (Å²) in [7, 11) is 3.11. The van der Waals surface area contributed by atoms with E-state index in [-0.39, 0.29) is 6.42 Å². The van der Waals surface area contributed by atoms with Crippen molar-refractivity contribution in [1.29, 1.82) is 0 Å². The summed E-state index contributed by atoms with van der Waals surface area (Å²) in [4.78, 5) is 0. The Hall–Kier alpha value is -1.43. The van der Waals surface area contributed by atoms with Crippen LogP contribution >= 0.6 is 0 Å². The molecule has 19 heavy (non-hydrogen) atoms. The summed E-state index contributed by atoms with van der Waals surface area (Å²) >= 11 is 0. The fourth-order valence-electron chi connectivity index (χ4n) is 1.66. The van der Waals surface area contributed by atoms with Crippen LogP contribution in [0, 0.1) is 0 Å². The van der Waals surface area contributed by atoms with Gasteiger partial charge >= 0.3 is 6.18 Å². The molecule has 0 aliphatic heterocycles. The van der Waals surface area contributed by atoms with E-state index >= 15 is 0 Å². The van der Waals surface area contributed by atoms with Crippen molar-refractivity contribution in [2.75, 3.05) is 20.8 Å². The number of nitrogens with one attached hydrogen (secondary N) is 1. The largest absolute Gasteiger partial charge is 0.497 e. The van der Waals surface area contributed by atoms with Crippen molar-refractivity contribution in [3.63, 3.8) is 0 Å². The van der Waals surface area contributed by atoms with Gasteiger partial charge in [0.1, 0.15) is 11.5 Å². The normalized spacial score (nSPS) is 11.4. The van der Waals surface area contributed by atoms with Crippen molar-refractivity contribution in [3.05, 3.63) is 23.8 Å². The van der Waals surface area contributed by atoms with Gasteiger partial charge in [0.05, 0.1) is 14.2 Å². The summed E-state index contributed by atoms with van der Waals surface area (Å²) in [5.41, 5.74) is 0.855. The van der Waals surface area contributed by atoms with Crippen LogP contribution < -0.4 is 14.8 Å². The first kappa shape index (κ1) is 15.6. The van der Waals surface area contributed by atoms with Gasteiger partial charge in [0, 0.05) is 18.5 Å². The summed E-state index contributed by atoms with van der Waals surface area (Å²) in [6, 6.07) is 5.34. The molecule has 0 aliphatic rings. The summed E-state index contributed by atoms with van der Waals surface area (Å²) in [6.07, 6.45) is -4.79. The minimum atomic E-state index is -4.09. The highest BCUT2D eigenvalue weighted by molar-refractivity contribution is 5.40. The maximum absolute atomic E-state index is 12.0. The molecule has 1 N–H and O–H groups in total. The average Bonchev–Trinajstić information content (AvgIpc) is 2.36. The Kier molecular flexibility index (Phi) is 5.95. The highest BCUT2D eigenvalue weighted by atomic mass is 19.4. The van der Waals surface area contributed by atoms with Crippen LogP contribution in [0.2, 0.25) is 0 Å². The molecule has 6 heteroatoms. The fourth-order valence-corrected chi connectivity index (χ4v) is 1.66. The molecule has 0 amide bonds. The Morgan fingerprint density at radius 1 is 1.16 bits per heavy atom. The second-order valence-corrected chi connectivity index (χ2v) is 4.07. The number of hydrogen-bond donors (Lipinski definition) is 1. The van der Waals surface area contributed by atoms with Crippen LogP contribution in [0.5, 0.6) is 11.5 Å². The molecule has 0 radical (unpaired) electrons. The van der Waals surface area contributed by atoms with Crippen LogP contribution in [0.15, 0.2) is 18.2 Å². The predicted octanol–water partition coefficient (Wildman–Crippen LogP) is 3.14. The quantitative estimate of drug-likeness (QED) is 0.777. The number of halogens is 3. The standard InChI is InChI=1S/C13H18F3NO2/c1-18-11-4-5-12(19-2)10(8-11)9-17-7-3-6-13(14,15)16/h4-5,8,17H,3,6-7,9H2,1-2H3. The molecule has 1 aromatic rings. The average molecular weight is 277 g/mol. The lowest BCUT2D eigenvalue weighted by Gasteiger charge is -2.11. The van der Waals surface area contributed by atoms with Crippen molar-refractivity contribution in [3.8, 4) is 11.5 Å². The molecule has 1 rings (SSSR count). The third kappa shape index (κ3) is 5.83. The van der Waals surface area contributed by atoms with Crippen LogP contribution in [0.4, 0.5) is 13.2 Å². The van der Waals surface area contributed by atoms with Gasteiger partial charge in [-0.15, -0.1) is 0 Å². The molecule has 108 valence electrons. The third-order valence-corrected chi connectivity index (χ3v) is 2.62. The maximum Gasteiger partial charge on any atom is 0.389 e. The molecule has 1 aromatic carbocycles. The minimum absolute atomic E-state index is 0.0653. The van der Waals surface area contributed by atoms with E-state index in [1.54, 1.807) is 32.4 Å². The number of methoxy groups -OCH3 is 2. The Balaban J connectivity index is 2.43. The highest BCUT2D eigenvalue weighted by Crippen LogP contribution is 2.24. The first-order valence-corrected chi connectivity index (χ1v) is 5.94. The van der Waals surface area contributed by atoms with E-state index in [1.807, 2.05) is 0 Å². The zero-order valence-corrected chi connectivity index (χ0v) is 11.0. The van der Waals surface area contributed by atoms with Crippen LogP contribution in [0.25, 0.3) is 0 Å². The van der Waals surface area contributed by atoms with Gasteiger partial charge in [0.25, 0.3) is 0 Å². The van der Waals surface area contributed by atoms with Gasteiger partial charge in [0.15, 0.2) is 0 Å². The molecule has 0 bridgehead atoms. The first-order valence-electron chi connectivity index (χ1n) is 5.94. The molecular formula is C13H18F3NO2. The molecule has 3 nitrogen and oxygen atoms in total. The van der Waals surface area contributed by atoms with Crippen LogP contribution in [-0.4, -0.2) is 26.9 Å². The van der Waals surface area contributed by atoms with E-state index < -0.39 is 12.6 Å². The number of rotatable bonds is 7. The van der Waals surface area contributed by atoms with Crippen molar-refractivity contribution >= 4 is 0 Å². The molecule has 0 spiro atoms. The van der Waals surface area contributed by atoms with Crippen molar-refractivity contribution in [1.82, 2.24) is 5.32 Å². The van der Waals surface area contributed by atoms with Gasteiger partial charge in [-0.1, -0.05) is 0 Å². The van der Waals surface area contributed by atoms with E-state index in [4.69, 9.17) is 9.47 Å². The van der Waals surface area contributed by atoms with Gasteiger partial charge in [-0.05, 0) is 31.2 Å². The Morgan fingerprint density at radius 3 is 2.47 bits per heavy atom. The number of benzene rings is 1. The number of alkyl halides is 3. The third-order valence-electron chi connectivity index (χ3n) is 2.62. The highest BCUT2D eigenvalue weighted by Gasteiger charge is 2.25. The van der Waals surface area contributed by atoms with Gasteiger partial charge in [-0.3, -0.25) is 0 Å². The molecule has 0 saturated heterocycles. The molecular weight excluding hydrogens is 259 g/mol. The molecule has 0 fully saturated rings. The van der Waals surface area contributed by atoms with Gasteiger partial charge in [0.2, 0.25) is 0 Å². The van der Waals surface area contributed by atoms with Crippen molar-refractivity contribution in [2.45, 2.75) is 25.6 Å². The molecule has 0 heterocycles. The number of hydrogen-bond acceptors (Lipinski definition) is 3. The SMILES string of the molecule is COc1ccc(OC)c(CNCCCC(F)(F)F)c1. The summed E-state index contributed by atoms with van der Waals surface area (Å²) < 4.78 is 46.2. The van der Waals surface area contributed by atoms with Crippen molar-refractivity contribution < 1.29 is 22.6 Å². The van der Waals surface area contributed by atoms with Gasteiger partial charge in [-0.25, -0.2) is 0 Å². The van der Waals surface area contributed by atoms with E-state index in [1.165, 1.54) is 0 Å². The molecule has 0 aliphatic carbocycles. The second-order valence-electron chi connectivity index (χ2n) is 4.07. The molecule has 0 aromatic heterocycles. The van der Waals surface area contributed by atoms with Crippen LogP contribution in [0.3, 0.4) is 0 Å². The Labute approximate surface area is 110 Å². The van der Waals surface area contributed by atoms with E-state index in [0.29, 0.717) is 24.6 Å². The Morgan fingerprint density at radius 2 is 1.89 bits per heavy atom. The van der Waals surface area contributed by atoms with Crippen LogP contribution in [-0.2, 0) is 6.54 Å². The fraction of sp³-hybridized carbons (Fsp3) is 0.538. The Bertz CT molecular complexity index is 394. The first-order chi connectivity index (χ1) is 8.96. The summed E-state index contributed by atoms with van der Waals surface area (Å²) in [5, 5.41) is 2.96. The zero-order valence-electron chi connectivity index (χ0n) is 11.0. The van der Waals surface area contributed by atoms with E-state index in [9.17, 15) is 13.2 Å². The van der Waals surface area contributed by atoms with Gasteiger partial charge < -0.3 is 14.8 Å². The zero-order chi connectivity index (χ0) is 14.3. The second kappa shape index (κ2) is 7.23. The van der Waals surface area contributed by atoms with E-state index in [0.717, 1.165) is 5.56 Å². The monoisotopic (exact) mass is 277 g/mol. The topological polar surface area (TPSA) is 30.5 Å². The summed E-state index contributed by atoms with van der Waals surface area (Å²) in [5.74, 6) is 1.37. The lowest BCUT2D eigenvalue weighted by atomic mass is 10.2. The van der Waals surface area contributed by atoms with Crippen LogP contribution in [0.1, 0.15) is 18.4 Å². The maximum atomic E-state index is 12.0. The van der Waals surface area contributed by atoms with Gasteiger partial charge in [-0.2, -0.15) is 13.2 Å². The molecule has 0 saturated carbocycles. The molecule has 0 unspecified atom stereocenters. The lowest BCUT2D eigenvalue weighted by Crippen LogP contribution is -2.18. The predicted molar refractivity (Wildman–Crippen MR) is 66.5 cm³/mol.